The molecular weight excluding hydrogens is 432 g/mol. The van der Waals surface area contributed by atoms with Crippen LogP contribution in [0.15, 0.2) is 4.42 Å². The summed E-state index contributed by atoms with van der Waals surface area (Å²) in [4.78, 5) is 20.2. The lowest BCUT2D eigenvalue weighted by molar-refractivity contribution is -0.141. The highest BCUT2D eigenvalue weighted by atomic mass is 32.2. The minimum Gasteiger partial charge on any atom is -0.480 e. The van der Waals surface area contributed by atoms with Crippen LogP contribution < -0.4 is 20.9 Å². The minimum atomic E-state index is -4.20. The summed E-state index contributed by atoms with van der Waals surface area (Å²) < 4.78 is 33.2. The highest BCUT2D eigenvalue weighted by Gasteiger charge is 2.28. The van der Waals surface area contributed by atoms with Gasteiger partial charge in [0.05, 0.1) is 18.7 Å². The van der Waals surface area contributed by atoms with Crippen molar-refractivity contribution < 1.29 is 32.6 Å². The SMILES string of the molecule is CC(N)=O.CC(O)C(NS(=O)(=O)NCc1nnc(C(N)CC2CCCCC2)o1)C(=O)O. The molecule has 2 rings (SSSR count). The smallest absolute Gasteiger partial charge is 0.324 e. The third-order valence-electron chi connectivity index (χ3n) is 4.56. The van der Waals surface area contributed by atoms with E-state index in [1.165, 1.54) is 33.1 Å². The number of hydrogen-bond donors (Lipinski definition) is 6. The van der Waals surface area contributed by atoms with Gasteiger partial charge in [0.1, 0.15) is 6.04 Å². The van der Waals surface area contributed by atoms with Gasteiger partial charge in [-0.2, -0.15) is 17.9 Å². The monoisotopic (exact) mass is 464 g/mol. The standard InChI is InChI=1S/C15H27N5O6S.C2H5NO/c1-9(21)13(15(22)23)20-27(24,25)17-8-12-18-19-14(26-12)11(16)7-10-5-3-2-4-6-10;1-2(3)4/h9-11,13,17,20-21H,2-8,16H2,1H3,(H,22,23);1H3,(H2,3,4). The molecule has 1 saturated carbocycles. The van der Waals surface area contributed by atoms with E-state index in [0.717, 1.165) is 19.3 Å². The van der Waals surface area contributed by atoms with Crippen LogP contribution in [0, 0.1) is 5.92 Å². The van der Waals surface area contributed by atoms with E-state index in [9.17, 15) is 23.1 Å². The van der Waals surface area contributed by atoms with Gasteiger partial charge in [-0.25, -0.2) is 0 Å². The molecule has 31 heavy (non-hydrogen) atoms. The number of hydrogen-bond acceptors (Lipinski definition) is 9. The number of nitrogens with zero attached hydrogens (tertiary/aromatic N) is 2. The zero-order valence-corrected chi connectivity index (χ0v) is 18.5. The van der Waals surface area contributed by atoms with Crippen LogP contribution in [0.1, 0.15) is 70.2 Å². The van der Waals surface area contributed by atoms with Gasteiger partial charge in [-0.1, -0.05) is 32.1 Å². The number of aromatic nitrogens is 2. The molecule has 178 valence electrons. The van der Waals surface area contributed by atoms with Crippen molar-refractivity contribution in [1.82, 2.24) is 19.6 Å². The summed E-state index contributed by atoms with van der Waals surface area (Å²) in [6.45, 7) is 2.14. The maximum Gasteiger partial charge on any atom is 0.324 e. The van der Waals surface area contributed by atoms with Crippen LogP contribution >= 0.6 is 0 Å². The molecule has 0 saturated heterocycles. The number of nitrogens with two attached hydrogens (primary N) is 2. The predicted octanol–water partition coefficient (Wildman–Crippen LogP) is -0.711. The van der Waals surface area contributed by atoms with E-state index in [-0.39, 0.29) is 24.2 Å². The number of aliphatic hydroxyl groups is 1. The Hall–Kier alpha value is -2.13. The molecule has 0 bridgehead atoms. The van der Waals surface area contributed by atoms with Gasteiger partial charge in [0, 0.05) is 6.92 Å². The second-order valence-electron chi connectivity index (χ2n) is 7.49. The minimum absolute atomic E-state index is 0.0124. The predicted molar refractivity (Wildman–Crippen MR) is 109 cm³/mol. The van der Waals surface area contributed by atoms with E-state index < -0.39 is 34.4 Å². The maximum absolute atomic E-state index is 11.9. The van der Waals surface area contributed by atoms with Crippen LogP contribution in [-0.2, 0) is 26.3 Å². The van der Waals surface area contributed by atoms with Gasteiger partial charge in [-0.15, -0.1) is 10.2 Å². The first-order valence-corrected chi connectivity index (χ1v) is 11.4. The van der Waals surface area contributed by atoms with Gasteiger partial charge in [0.25, 0.3) is 10.2 Å². The zero-order valence-electron chi connectivity index (χ0n) is 17.7. The summed E-state index contributed by atoms with van der Waals surface area (Å²) in [5, 5.41) is 25.9. The number of carbonyl (C=O) groups excluding carboxylic acids is 1. The molecule has 0 spiro atoms. The van der Waals surface area contributed by atoms with Crippen LogP contribution in [-0.4, -0.2) is 52.9 Å². The average molecular weight is 465 g/mol. The molecule has 1 aliphatic rings. The molecule has 1 aromatic rings. The molecule has 0 aromatic carbocycles. The maximum atomic E-state index is 11.9. The normalized spacial score (nSPS) is 17.8. The van der Waals surface area contributed by atoms with Crippen LogP contribution in [0.4, 0.5) is 0 Å². The van der Waals surface area contributed by atoms with E-state index in [1.807, 2.05) is 4.72 Å². The first-order chi connectivity index (χ1) is 14.4. The Kier molecular flexibility index (Phi) is 11.0. The summed E-state index contributed by atoms with van der Waals surface area (Å²) >= 11 is 0. The number of carbonyl (C=O) groups is 2. The molecule has 1 aromatic heterocycles. The van der Waals surface area contributed by atoms with Gasteiger partial charge in [-0.3, -0.25) is 9.59 Å². The summed E-state index contributed by atoms with van der Waals surface area (Å²) in [6, 6.07) is -2.08. The van der Waals surface area contributed by atoms with Gasteiger partial charge in [0.15, 0.2) is 0 Å². The number of rotatable bonds is 10. The Morgan fingerprint density at radius 2 is 1.84 bits per heavy atom. The molecule has 14 heteroatoms. The van der Waals surface area contributed by atoms with Crippen LogP contribution in [0.5, 0.6) is 0 Å². The van der Waals surface area contributed by atoms with Gasteiger partial charge in [-0.05, 0) is 19.3 Å². The highest BCUT2D eigenvalue weighted by Crippen LogP contribution is 2.30. The third kappa shape index (κ3) is 10.6. The first-order valence-electron chi connectivity index (χ1n) is 9.93. The third-order valence-corrected chi connectivity index (χ3v) is 5.64. The number of carboxylic acids is 1. The fourth-order valence-electron chi connectivity index (χ4n) is 3.09. The second-order valence-corrected chi connectivity index (χ2v) is 9.02. The van der Waals surface area contributed by atoms with Crippen molar-refractivity contribution in [3.05, 3.63) is 11.8 Å². The number of primary amides is 1. The van der Waals surface area contributed by atoms with Gasteiger partial charge < -0.3 is 26.1 Å². The molecule has 0 radical (unpaired) electrons. The second kappa shape index (κ2) is 12.7. The Labute approximate surface area is 181 Å². The number of nitrogens with one attached hydrogen (secondary N) is 2. The molecule has 8 N–H and O–H groups in total. The fraction of sp³-hybridized carbons (Fsp3) is 0.765. The molecule has 13 nitrogen and oxygen atoms in total. The van der Waals surface area contributed by atoms with Crippen molar-refractivity contribution in [2.75, 3.05) is 0 Å². The largest absolute Gasteiger partial charge is 0.480 e. The van der Waals surface area contributed by atoms with E-state index >= 15 is 0 Å². The van der Waals surface area contributed by atoms with E-state index in [2.05, 4.69) is 20.7 Å². The average Bonchev–Trinajstić information content (AvgIpc) is 3.14. The molecule has 1 heterocycles. The summed E-state index contributed by atoms with van der Waals surface area (Å²) in [5.74, 6) is -1.04. The Morgan fingerprint density at radius 1 is 1.26 bits per heavy atom. The number of aliphatic hydroxyl groups excluding tert-OH is 1. The summed E-state index contributed by atoms with van der Waals surface area (Å²) in [6.07, 6.45) is 5.25. The topological polar surface area (TPSA) is 224 Å². The van der Waals surface area contributed by atoms with Gasteiger partial charge >= 0.3 is 5.97 Å². The summed E-state index contributed by atoms with van der Waals surface area (Å²) in [7, 11) is -4.20. The van der Waals surface area contributed by atoms with Crippen molar-refractivity contribution in [3.63, 3.8) is 0 Å². The molecule has 0 aliphatic heterocycles. The molecule has 3 unspecified atom stereocenters. The van der Waals surface area contributed by atoms with Crippen molar-refractivity contribution in [2.45, 2.75) is 77.1 Å². The molecular formula is C17H32N6O7S. The Balaban J connectivity index is 0.00000110. The lowest BCUT2D eigenvalue weighted by Crippen LogP contribution is -2.51. The van der Waals surface area contributed by atoms with E-state index in [1.54, 1.807) is 0 Å². The molecule has 1 amide bonds. The summed E-state index contributed by atoms with van der Waals surface area (Å²) in [5.41, 5.74) is 10.6. The van der Waals surface area contributed by atoms with Crippen molar-refractivity contribution in [1.29, 1.82) is 0 Å². The van der Waals surface area contributed by atoms with Crippen LogP contribution in [0.3, 0.4) is 0 Å². The highest BCUT2D eigenvalue weighted by molar-refractivity contribution is 7.87. The number of amides is 1. The number of aliphatic carboxylic acids is 1. The van der Waals surface area contributed by atoms with Crippen LogP contribution in [0.2, 0.25) is 0 Å². The molecule has 3 atom stereocenters. The zero-order chi connectivity index (χ0) is 23.6. The Morgan fingerprint density at radius 3 is 2.35 bits per heavy atom. The molecule has 1 aliphatic carbocycles. The van der Waals surface area contributed by atoms with Crippen LogP contribution in [0.25, 0.3) is 0 Å². The van der Waals surface area contributed by atoms with E-state index in [0.29, 0.717) is 5.92 Å². The van der Waals surface area contributed by atoms with E-state index in [4.69, 9.17) is 15.3 Å². The van der Waals surface area contributed by atoms with Crippen molar-refractivity contribution in [3.8, 4) is 0 Å². The molecule has 1 fully saturated rings. The lowest BCUT2D eigenvalue weighted by atomic mass is 9.85. The first kappa shape index (κ1) is 26.9. The quantitative estimate of drug-likeness (QED) is 0.255. The number of carboxylic acid groups (broad SMARTS) is 1. The van der Waals surface area contributed by atoms with Gasteiger partial charge in [0.2, 0.25) is 17.7 Å². The van der Waals surface area contributed by atoms with Crippen molar-refractivity contribution >= 4 is 22.1 Å². The Bertz CT molecular complexity index is 804. The lowest BCUT2D eigenvalue weighted by Gasteiger charge is -2.23. The fourth-order valence-corrected chi connectivity index (χ4v) is 4.12. The van der Waals surface area contributed by atoms with Crippen molar-refractivity contribution in [2.24, 2.45) is 17.4 Å².